The number of hydrogen-bond acceptors (Lipinski definition) is 6. The fraction of sp³-hybridized carbons (Fsp3) is 0.286. The minimum Gasteiger partial charge on any atom is -0.452 e. The van der Waals surface area contributed by atoms with Crippen LogP contribution in [0.1, 0.15) is 39.5 Å². The van der Waals surface area contributed by atoms with Crippen LogP contribution in [0, 0.1) is 19.8 Å². The molecule has 0 bridgehead atoms. The Hall–Kier alpha value is -2.93. The number of hydrogen-bond donors (Lipinski definition) is 1. The van der Waals surface area contributed by atoms with E-state index in [1.807, 2.05) is 44.2 Å². The van der Waals surface area contributed by atoms with Crippen molar-refractivity contribution >= 4 is 28.2 Å². The number of nitrogens with one attached hydrogen (secondary N) is 1. The van der Waals surface area contributed by atoms with E-state index in [4.69, 9.17) is 9.15 Å². The topological polar surface area (TPSA) is 81.4 Å². The maximum atomic E-state index is 12.7. The molecule has 1 saturated carbocycles. The maximum absolute atomic E-state index is 12.7. The number of carbonyl (C=O) groups is 2. The van der Waals surface area contributed by atoms with Crippen LogP contribution >= 0.6 is 11.3 Å². The number of anilines is 1. The fourth-order valence-corrected chi connectivity index (χ4v) is 3.88. The third-order valence-corrected chi connectivity index (χ3v) is 5.84. The molecule has 1 N–H and O–H groups in total. The standard InChI is InChI=1S/C21H20N2O4S/c1-12-13(2)28-20(23-19(24)15-8-9-15)18(12)21(25)26-11-17-22-10-16(27-17)14-6-4-3-5-7-14/h3-7,10,15H,8-9,11H2,1-2H3,(H,23,24). The summed E-state index contributed by atoms with van der Waals surface area (Å²) in [6, 6.07) is 9.59. The molecule has 6 nitrogen and oxygen atoms in total. The first-order valence-corrected chi connectivity index (χ1v) is 9.92. The lowest BCUT2D eigenvalue weighted by molar-refractivity contribution is -0.117. The van der Waals surface area contributed by atoms with E-state index in [1.165, 1.54) is 11.3 Å². The molecule has 1 aromatic carbocycles. The Bertz CT molecular complexity index is 1020. The third kappa shape index (κ3) is 3.84. The van der Waals surface area contributed by atoms with Gasteiger partial charge in [-0.1, -0.05) is 30.3 Å². The van der Waals surface area contributed by atoms with Crippen molar-refractivity contribution in [2.45, 2.75) is 33.3 Å². The summed E-state index contributed by atoms with van der Waals surface area (Å²) in [6.45, 7) is 3.70. The summed E-state index contributed by atoms with van der Waals surface area (Å²) >= 11 is 1.39. The van der Waals surface area contributed by atoms with Gasteiger partial charge in [-0.25, -0.2) is 9.78 Å². The van der Waals surface area contributed by atoms with E-state index in [1.54, 1.807) is 6.20 Å². The minimum atomic E-state index is -0.493. The van der Waals surface area contributed by atoms with E-state index in [9.17, 15) is 9.59 Å². The Morgan fingerprint density at radius 2 is 2.00 bits per heavy atom. The normalized spacial score (nSPS) is 13.4. The van der Waals surface area contributed by atoms with E-state index in [0.717, 1.165) is 28.8 Å². The molecule has 2 heterocycles. The van der Waals surface area contributed by atoms with Gasteiger partial charge in [-0.05, 0) is 32.3 Å². The monoisotopic (exact) mass is 396 g/mol. The molecule has 7 heteroatoms. The molecule has 1 amide bonds. The van der Waals surface area contributed by atoms with Gasteiger partial charge in [0.2, 0.25) is 11.8 Å². The van der Waals surface area contributed by atoms with Gasteiger partial charge in [0.15, 0.2) is 12.4 Å². The number of oxazole rings is 1. The van der Waals surface area contributed by atoms with Crippen molar-refractivity contribution < 1.29 is 18.7 Å². The number of thiophene rings is 1. The molecule has 28 heavy (non-hydrogen) atoms. The van der Waals surface area contributed by atoms with E-state index in [-0.39, 0.29) is 18.4 Å². The first kappa shape index (κ1) is 18.4. The average molecular weight is 396 g/mol. The van der Waals surface area contributed by atoms with E-state index in [2.05, 4.69) is 10.3 Å². The second-order valence-corrected chi connectivity index (χ2v) is 8.04. The van der Waals surface area contributed by atoms with Crippen molar-refractivity contribution in [1.82, 2.24) is 4.98 Å². The summed E-state index contributed by atoms with van der Waals surface area (Å²) in [5.41, 5.74) is 2.13. The number of nitrogens with zero attached hydrogens (tertiary/aromatic N) is 1. The Morgan fingerprint density at radius 3 is 2.71 bits per heavy atom. The molecule has 144 valence electrons. The van der Waals surface area contributed by atoms with Crippen LogP contribution in [0.25, 0.3) is 11.3 Å². The Kier molecular flexibility index (Phi) is 5.00. The predicted octanol–water partition coefficient (Wildman–Crippen LogP) is 4.73. The van der Waals surface area contributed by atoms with Crippen molar-refractivity contribution in [2.75, 3.05) is 5.32 Å². The zero-order valence-corrected chi connectivity index (χ0v) is 16.5. The number of carbonyl (C=O) groups excluding carboxylic acids is 2. The average Bonchev–Trinajstić information content (AvgIpc) is 3.38. The van der Waals surface area contributed by atoms with Gasteiger partial charge in [0.1, 0.15) is 5.00 Å². The fourth-order valence-electron chi connectivity index (χ4n) is 2.83. The first-order chi connectivity index (χ1) is 13.5. The molecule has 3 aromatic rings. The van der Waals surface area contributed by atoms with Crippen molar-refractivity contribution in [1.29, 1.82) is 0 Å². The second-order valence-electron chi connectivity index (χ2n) is 6.81. The van der Waals surface area contributed by atoms with Crippen LogP contribution in [-0.4, -0.2) is 16.9 Å². The van der Waals surface area contributed by atoms with Crippen molar-refractivity contribution in [2.24, 2.45) is 5.92 Å². The van der Waals surface area contributed by atoms with Gasteiger partial charge in [-0.2, -0.15) is 0 Å². The van der Waals surface area contributed by atoms with Crippen LogP contribution in [0.5, 0.6) is 0 Å². The molecular weight excluding hydrogens is 376 g/mol. The third-order valence-electron chi connectivity index (χ3n) is 4.71. The molecule has 0 saturated heterocycles. The van der Waals surface area contributed by atoms with Crippen molar-refractivity contribution in [3.05, 3.63) is 58.4 Å². The number of rotatable bonds is 6. The predicted molar refractivity (Wildman–Crippen MR) is 106 cm³/mol. The number of ether oxygens (including phenoxy) is 1. The minimum absolute atomic E-state index is 0.0319. The van der Waals surface area contributed by atoms with Crippen LogP contribution in [0.15, 0.2) is 40.9 Å². The van der Waals surface area contributed by atoms with Gasteiger partial charge in [0.05, 0.1) is 11.8 Å². The summed E-state index contributed by atoms with van der Waals surface area (Å²) in [5.74, 6) is 0.477. The summed E-state index contributed by atoms with van der Waals surface area (Å²) in [6.07, 6.45) is 3.42. The van der Waals surface area contributed by atoms with Gasteiger partial charge in [0, 0.05) is 16.4 Å². The lowest BCUT2D eigenvalue weighted by Gasteiger charge is -2.07. The molecule has 2 aromatic heterocycles. The van der Waals surface area contributed by atoms with Gasteiger partial charge >= 0.3 is 5.97 Å². The zero-order valence-electron chi connectivity index (χ0n) is 15.7. The second kappa shape index (κ2) is 7.59. The maximum Gasteiger partial charge on any atom is 0.341 e. The number of aromatic nitrogens is 1. The molecule has 0 unspecified atom stereocenters. The molecule has 1 aliphatic rings. The molecule has 1 fully saturated rings. The number of benzene rings is 1. The van der Waals surface area contributed by atoms with Gasteiger partial charge in [0.25, 0.3) is 0 Å². The quantitative estimate of drug-likeness (QED) is 0.610. The van der Waals surface area contributed by atoms with Gasteiger partial charge in [-0.15, -0.1) is 11.3 Å². The number of amides is 1. The summed E-state index contributed by atoms with van der Waals surface area (Å²) < 4.78 is 11.1. The highest BCUT2D eigenvalue weighted by Gasteiger charge is 2.31. The van der Waals surface area contributed by atoms with E-state index in [0.29, 0.717) is 22.2 Å². The smallest absolute Gasteiger partial charge is 0.341 e. The van der Waals surface area contributed by atoms with Gasteiger partial charge in [-0.3, -0.25) is 4.79 Å². The Labute approximate surface area is 166 Å². The van der Waals surface area contributed by atoms with E-state index < -0.39 is 5.97 Å². The van der Waals surface area contributed by atoms with Crippen LogP contribution in [0.3, 0.4) is 0 Å². The first-order valence-electron chi connectivity index (χ1n) is 9.11. The van der Waals surface area contributed by atoms with E-state index >= 15 is 0 Å². The molecule has 0 aliphatic heterocycles. The zero-order chi connectivity index (χ0) is 19.7. The lowest BCUT2D eigenvalue weighted by atomic mass is 10.1. The van der Waals surface area contributed by atoms with Gasteiger partial charge < -0.3 is 14.5 Å². The highest BCUT2D eigenvalue weighted by Crippen LogP contribution is 2.36. The Balaban J connectivity index is 1.45. The summed E-state index contributed by atoms with van der Waals surface area (Å²) in [7, 11) is 0. The Morgan fingerprint density at radius 1 is 1.25 bits per heavy atom. The highest BCUT2D eigenvalue weighted by molar-refractivity contribution is 7.16. The van der Waals surface area contributed by atoms with Crippen molar-refractivity contribution in [3.8, 4) is 11.3 Å². The molecular formula is C21H20N2O4S. The molecule has 4 rings (SSSR count). The molecule has 1 aliphatic carbocycles. The highest BCUT2D eigenvalue weighted by atomic mass is 32.1. The number of esters is 1. The summed E-state index contributed by atoms with van der Waals surface area (Å²) in [4.78, 5) is 29.9. The van der Waals surface area contributed by atoms with Crippen LogP contribution in [-0.2, 0) is 16.1 Å². The van der Waals surface area contributed by atoms with Crippen LogP contribution in [0.2, 0.25) is 0 Å². The lowest BCUT2D eigenvalue weighted by Crippen LogP contribution is -2.16. The summed E-state index contributed by atoms with van der Waals surface area (Å²) in [5, 5.41) is 3.43. The van der Waals surface area contributed by atoms with Crippen LogP contribution in [0.4, 0.5) is 5.00 Å². The molecule has 0 radical (unpaired) electrons. The SMILES string of the molecule is Cc1sc(NC(=O)C2CC2)c(C(=O)OCc2ncc(-c3ccccc3)o2)c1C. The molecule has 0 atom stereocenters. The largest absolute Gasteiger partial charge is 0.452 e. The van der Waals surface area contributed by atoms with Crippen LogP contribution < -0.4 is 5.32 Å². The molecule has 0 spiro atoms. The number of aryl methyl sites for hydroxylation is 1. The van der Waals surface area contributed by atoms with Crippen molar-refractivity contribution in [3.63, 3.8) is 0 Å².